The quantitative estimate of drug-likeness (QED) is 0.325. The predicted octanol–water partition coefficient (Wildman–Crippen LogP) is 5.91. The number of aromatic nitrogens is 3. The molecule has 0 radical (unpaired) electrons. The number of hydrogen-bond donors (Lipinski definition) is 1. The first-order valence-corrected chi connectivity index (χ1v) is 12.6. The van der Waals surface area contributed by atoms with Crippen molar-refractivity contribution in [2.24, 2.45) is 0 Å². The Balaban J connectivity index is 1.22. The Bertz CT molecular complexity index is 1630. The van der Waals surface area contributed by atoms with Crippen LogP contribution in [0.15, 0.2) is 78.2 Å². The van der Waals surface area contributed by atoms with Crippen LogP contribution < -0.4 is 19.5 Å². The number of benzene rings is 3. The van der Waals surface area contributed by atoms with Gasteiger partial charge in [0.25, 0.3) is 0 Å². The lowest BCUT2D eigenvalue weighted by atomic mass is 9.87. The topological polar surface area (TPSA) is 87.5 Å². The molecule has 4 heterocycles. The summed E-state index contributed by atoms with van der Waals surface area (Å²) in [7, 11) is 0. The molecule has 8 nitrogen and oxygen atoms in total. The van der Waals surface area contributed by atoms with Gasteiger partial charge in [-0.05, 0) is 37.3 Å². The van der Waals surface area contributed by atoms with Crippen molar-refractivity contribution >= 4 is 23.1 Å². The van der Waals surface area contributed by atoms with Crippen LogP contribution in [0.4, 0.5) is 5.82 Å². The van der Waals surface area contributed by atoms with Crippen molar-refractivity contribution < 1.29 is 19.0 Å². The molecule has 0 saturated heterocycles. The molecule has 7 rings (SSSR count). The maximum Gasteiger partial charge on any atom is 0.237 e. The normalized spacial score (nSPS) is 13.5. The number of para-hydroxylation sites is 2. The zero-order chi connectivity index (χ0) is 24.9. The molecule has 0 saturated carbocycles. The molecule has 1 amide bonds. The number of amides is 1. The summed E-state index contributed by atoms with van der Waals surface area (Å²) < 4.78 is 18.6. The summed E-state index contributed by atoms with van der Waals surface area (Å²) in [5.74, 6) is 2.64. The van der Waals surface area contributed by atoms with Crippen LogP contribution in [0.5, 0.6) is 23.0 Å². The molecule has 9 heteroatoms. The third-order valence-electron chi connectivity index (χ3n) is 6.37. The number of nitrogens with one attached hydrogen (secondary N) is 1. The van der Waals surface area contributed by atoms with Gasteiger partial charge < -0.3 is 19.5 Å². The summed E-state index contributed by atoms with van der Waals surface area (Å²) in [4.78, 5) is 18.6. The number of carbonyl (C=O) groups is 1. The van der Waals surface area contributed by atoms with Crippen LogP contribution in [0.1, 0.15) is 22.7 Å². The zero-order valence-corrected chi connectivity index (χ0v) is 20.5. The number of hydrogen-bond acceptors (Lipinski definition) is 7. The van der Waals surface area contributed by atoms with Gasteiger partial charge in [-0.3, -0.25) is 4.79 Å². The van der Waals surface area contributed by atoms with Gasteiger partial charge in [0, 0.05) is 28.1 Å². The van der Waals surface area contributed by atoms with Gasteiger partial charge >= 0.3 is 0 Å². The number of anilines is 1. The van der Waals surface area contributed by atoms with Crippen LogP contribution in [-0.4, -0.2) is 27.5 Å². The van der Waals surface area contributed by atoms with Crippen molar-refractivity contribution in [2.75, 3.05) is 12.1 Å². The fourth-order valence-corrected chi connectivity index (χ4v) is 5.47. The molecule has 1 N–H and O–H groups in total. The number of carbonyl (C=O) groups excluding carboxylic acids is 1. The number of nitrogens with zero attached hydrogens (tertiary/aromatic N) is 3. The molecular formula is C28H20N4O4S. The van der Waals surface area contributed by atoms with Crippen LogP contribution >= 0.6 is 11.3 Å². The maximum atomic E-state index is 13.8. The van der Waals surface area contributed by atoms with Gasteiger partial charge in [-0.15, -0.1) is 11.3 Å². The second-order valence-corrected chi connectivity index (χ2v) is 9.60. The number of thiazole rings is 1. The lowest BCUT2D eigenvalue weighted by Crippen LogP contribution is -2.26. The van der Waals surface area contributed by atoms with Crippen molar-refractivity contribution in [1.82, 2.24) is 14.8 Å². The van der Waals surface area contributed by atoms with Crippen LogP contribution in [0, 0.1) is 6.92 Å². The first kappa shape index (κ1) is 21.6. The summed E-state index contributed by atoms with van der Waals surface area (Å²) in [5, 5.41) is 10.3. The predicted molar refractivity (Wildman–Crippen MR) is 139 cm³/mol. The van der Waals surface area contributed by atoms with Crippen molar-refractivity contribution in [3.8, 4) is 39.4 Å². The van der Waals surface area contributed by atoms with E-state index < -0.39 is 5.92 Å². The van der Waals surface area contributed by atoms with Gasteiger partial charge in [-0.1, -0.05) is 36.4 Å². The summed E-state index contributed by atoms with van der Waals surface area (Å²) in [5.41, 5.74) is 4.11. The maximum absolute atomic E-state index is 13.8. The standard InChI is InChI=1S/C28H20N4O4S/c1-16-12-25(30-27(33)26-18-6-2-4-8-21(18)36-22-9-5-3-7-19(22)26)32(31-16)28-29-20(14-37-28)17-10-11-23-24(13-17)35-15-34-23/h2-14,26H,15H2,1H3,(H,30,33). The highest BCUT2D eigenvalue weighted by atomic mass is 32.1. The molecule has 0 atom stereocenters. The van der Waals surface area contributed by atoms with Crippen LogP contribution in [0.3, 0.4) is 0 Å². The molecule has 2 aliphatic rings. The van der Waals surface area contributed by atoms with Crippen molar-refractivity contribution in [3.63, 3.8) is 0 Å². The third kappa shape index (κ3) is 3.71. The average Bonchev–Trinajstić information content (AvgIpc) is 3.66. The Morgan fingerprint density at radius 2 is 1.68 bits per heavy atom. The van der Waals surface area contributed by atoms with Crippen molar-refractivity contribution in [1.29, 1.82) is 0 Å². The fraction of sp³-hybridized carbons (Fsp3) is 0.107. The van der Waals surface area contributed by atoms with Gasteiger partial charge in [0.2, 0.25) is 17.8 Å². The Hall–Kier alpha value is -4.63. The minimum absolute atomic E-state index is 0.170. The smallest absolute Gasteiger partial charge is 0.237 e. The molecule has 5 aromatic rings. The van der Waals surface area contributed by atoms with E-state index in [4.69, 9.17) is 19.2 Å². The number of aryl methyl sites for hydroxylation is 1. The second-order valence-electron chi connectivity index (χ2n) is 8.77. The molecule has 0 fully saturated rings. The lowest BCUT2D eigenvalue weighted by Gasteiger charge is -2.27. The van der Waals surface area contributed by atoms with Gasteiger partial charge in [-0.2, -0.15) is 9.78 Å². The van der Waals surface area contributed by atoms with E-state index in [2.05, 4.69) is 10.4 Å². The number of ether oxygens (including phenoxy) is 3. The largest absolute Gasteiger partial charge is 0.457 e. The van der Waals surface area contributed by atoms with E-state index in [1.165, 1.54) is 11.3 Å². The second kappa shape index (κ2) is 8.49. The van der Waals surface area contributed by atoms with E-state index in [9.17, 15) is 4.79 Å². The fourth-order valence-electron chi connectivity index (χ4n) is 4.68. The van der Waals surface area contributed by atoms with Gasteiger partial charge in [-0.25, -0.2) is 4.98 Å². The summed E-state index contributed by atoms with van der Waals surface area (Å²) >= 11 is 1.44. The van der Waals surface area contributed by atoms with Crippen LogP contribution in [0.25, 0.3) is 16.4 Å². The van der Waals surface area contributed by atoms with Gasteiger partial charge in [0.1, 0.15) is 17.3 Å². The number of fused-ring (bicyclic) bond motifs is 3. The molecule has 2 aliphatic heterocycles. The highest BCUT2D eigenvalue weighted by Gasteiger charge is 2.33. The molecule has 37 heavy (non-hydrogen) atoms. The molecule has 0 aliphatic carbocycles. The number of rotatable bonds is 4. The Kier molecular flexibility index (Phi) is 4.97. The molecule has 0 spiro atoms. The molecular weight excluding hydrogens is 488 g/mol. The van der Waals surface area contributed by atoms with Crippen molar-refractivity contribution in [3.05, 3.63) is 95.0 Å². The first-order chi connectivity index (χ1) is 18.1. The van der Waals surface area contributed by atoms with Crippen LogP contribution in [0.2, 0.25) is 0 Å². The Morgan fingerprint density at radius 1 is 0.946 bits per heavy atom. The highest BCUT2D eigenvalue weighted by molar-refractivity contribution is 7.12. The van der Waals surface area contributed by atoms with E-state index in [-0.39, 0.29) is 12.7 Å². The summed E-state index contributed by atoms with van der Waals surface area (Å²) in [6, 6.07) is 22.8. The average molecular weight is 509 g/mol. The highest BCUT2D eigenvalue weighted by Crippen LogP contribution is 2.44. The van der Waals surface area contributed by atoms with Crippen molar-refractivity contribution in [2.45, 2.75) is 12.8 Å². The molecule has 3 aromatic carbocycles. The third-order valence-corrected chi connectivity index (χ3v) is 7.18. The van der Waals surface area contributed by atoms with E-state index in [1.54, 1.807) is 4.68 Å². The molecule has 2 aromatic heterocycles. The Morgan fingerprint density at radius 3 is 2.46 bits per heavy atom. The monoisotopic (exact) mass is 508 g/mol. The van der Waals surface area contributed by atoms with E-state index in [1.807, 2.05) is 85.1 Å². The summed E-state index contributed by atoms with van der Waals surface area (Å²) in [6.07, 6.45) is 0. The minimum atomic E-state index is -0.523. The molecule has 0 unspecified atom stereocenters. The lowest BCUT2D eigenvalue weighted by molar-refractivity contribution is -0.116. The zero-order valence-electron chi connectivity index (χ0n) is 19.7. The first-order valence-electron chi connectivity index (χ1n) is 11.7. The molecule has 182 valence electrons. The van der Waals surface area contributed by atoms with E-state index in [0.29, 0.717) is 28.2 Å². The SMILES string of the molecule is Cc1cc(NC(=O)C2c3ccccc3Oc3ccccc32)n(-c2nc(-c3ccc4c(c3)OCO4)cs2)n1. The summed E-state index contributed by atoms with van der Waals surface area (Å²) in [6.45, 7) is 2.11. The van der Waals surface area contributed by atoms with E-state index in [0.717, 1.165) is 33.8 Å². The van der Waals surface area contributed by atoms with Gasteiger partial charge in [0.15, 0.2) is 11.5 Å². The Labute approximate surface area is 216 Å². The van der Waals surface area contributed by atoms with E-state index >= 15 is 0 Å². The van der Waals surface area contributed by atoms with Crippen LogP contribution in [-0.2, 0) is 4.79 Å². The van der Waals surface area contributed by atoms with Gasteiger partial charge in [0.05, 0.1) is 17.3 Å². The minimum Gasteiger partial charge on any atom is -0.457 e. The molecule has 0 bridgehead atoms.